The summed E-state index contributed by atoms with van der Waals surface area (Å²) in [7, 11) is -3.62. The van der Waals surface area contributed by atoms with Crippen LogP contribution in [-0.2, 0) is 10.0 Å². The number of piperazine rings is 1. The molecular formula is C23H28N4O3S. The molecule has 2 aromatic rings. The Morgan fingerprint density at radius 3 is 2.26 bits per heavy atom. The van der Waals surface area contributed by atoms with Crippen molar-refractivity contribution in [3.8, 4) is 6.07 Å². The van der Waals surface area contributed by atoms with Gasteiger partial charge in [-0.05, 0) is 23.8 Å². The van der Waals surface area contributed by atoms with Crippen LogP contribution in [0.25, 0.3) is 0 Å². The van der Waals surface area contributed by atoms with E-state index in [1.54, 1.807) is 30.9 Å². The van der Waals surface area contributed by atoms with Crippen molar-refractivity contribution >= 4 is 15.9 Å². The summed E-state index contributed by atoms with van der Waals surface area (Å²) in [5.41, 5.74) is 1.31. The first kappa shape index (κ1) is 22.9. The third-order valence-electron chi connectivity index (χ3n) is 5.63. The molecular weight excluding hydrogens is 412 g/mol. The molecule has 1 aliphatic rings. The van der Waals surface area contributed by atoms with Crippen molar-refractivity contribution in [1.82, 2.24) is 14.1 Å². The van der Waals surface area contributed by atoms with Gasteiger partial charge in [-0.25, -0.2) is 8.42 Å². The SMILES string of the molecule is CCN(CC)S(=O)(=O)c1cccc(C(=O)N2CCN(C(C#N)c3ccccc3)CC2)c1. The van der Waals surface area contributed by atoms with E-state index in [1.165, 1.54) is 16.4 Å². The number of carbonyl (C=O) groups is 1. The standard InChI is InChI=1S/C23H28N4O3S/c1-3-27(4-2)31(29,30)21-12-8-11-20(17-21)23(28)26-15-13-25(14-16-26)22(18-24)19-9-6-5-7-10-19/h5-12,17,22H,3-4,13-16H2,1-2H3. The molecule has 1 atom stereocenters. The summed E-state index contributed by atoms with van der Waals surface area (Å²) in [6.45, 7) is 6.46. The van der Waals surface area contributed by atoms with Gasteiger partial charge < -0.3 is 4.90 Å². The van der Waals surface area contributed by atoms with E-state index < -0.39 is 10.0 Å². The van der Waals surface area contributed by atoms with E-state index in [1.807, 2.05) is 30.3 Å². The number of nitrogens with zero attached hydrogens (tertiary/aromatic N) is 4. The normalized spacial score (nSPS) is 16.1. The van der Waals surface area contributed by atoms with Crippen molar-refractivity contribution < 1.29 is 13.2 Å². The molecule has 8 heteroatoms. The van der Waals surface area contributed by atoms with Crippen LogP contribution in [0, 0.1) is 11.3 Å². The highest BCUT2D eigenvalue weighted by Crippen LogP contribution is 2.23. The molecule has 7 nitrogen and oxygen atoms in total. The average Bonchev–Trinajstić information content (AvgIpc) is 2.81. The molecule has 0 bridgehead atoms. The predicted molar refractivity (Wildman–Crippen MR) is 119 cm³/mol. The van der Waals surface area contributed by atoms with Crippen molar-refractivity contribution in [2.75, 3.05) is 39.3 Å². The van der Waals surface area contributed by atoms with E-state index in [9.17, 15) is 18.5 Å². The number of nitriles is 1. The number of benzene rings is 2. The highest BCUT2D eigenvalue weighted by molar-refractivity contribution is 7.89. The van der Waals surface area contributed by atoms with Crippen LogP contribution < -0.4 is 0 Å². The van der Waals surface area contributed by atoms with Crippen LogP contribution in [-0.4, -0.2) is 67.7 Å². The lowest BCUT2D eigenvalue weighted by Gasteiger charge is -2.37. The number of hydrogen-bond donors (Lipinski definition) is 0. The summed E-state index contributed by atoms with van der Waals surface area (Å²) in [6, 6.07) is 17.9. The molecule has 0 saturated carbocycles. The summed E-state index contributed by atoms with van der Waals surface area (Å²) >= 11 is 0. The summed E-state index contributed by atoms with van der Waals surface area (Å²) < 4.78 is 27.0. The van der Waals surface area contributed by atoms with E-state index in [4.69, 9.17) is 0 Å². The Morgan fingerprint density at radius 1 is 1.03 bits per heavy atom. The monoisotopic (exact) mass is 440 g/mol. The maximum Gasteiger partial charge on any atom is 0.253 e. The minimum absolute atomic E-state index is 0.134. The quantitative estimate of drug-likeness (QED) is 0.661. The second-order valence-electron chi connectivity index (χ2n) is 7.39. The van der Waals surface area contributed by atoms with Crippen LogP contribution in [0.5, 0.6) is 0 Å². The fourth-order valence-electron chi connectivity index (χ4n) is 3.87. The third-order valence-corrected chi connectivity index (χ3v) is 7.67. The zero-order valence-electron chi connectivity index (χ0n) is 17.9. The molecule has 0 aliphatic carbocycles. The molecule has 1 fully saturated rings. The molecule has 3 rings (SSSR count). The van der Waals surface area contributed by atoms with Gasteiger partial charge in [0, 0.05) is 44.8 Å². The van der Waals surface area contributed by atoms with Crippen molar-refractivity contribution in [3.63, 3.8) is 0 Å². The Bertz CT molecular complexity index is 1040. The molecule has 2 aromatic carbocycles. The smallest absolute Gasteiger partial charge is 0.253 e. The number of sulfonamides is 1. The largest absolute Gasteiger partial charge is 0.336 e. The minimum atomic E-state index is -3.62. The fraction of sp³-hybridized carbons (Fsp3) is 0.391. The second kappa shape index (κ2) is 10.1. The van der Waals surface area contributed by atoms with Crippen molar-refractivity contribution in [1.29, 1.82) is 5.26 Å². The summed E-state index contributed by atoms with van der Waals surface area (Å²) in [5, 5.41) is 9.64. The summed E-state index contributed by atoms with van der Waals surface area (Å²) in [4.78, 5) is 17.0. The summed E-state index contributed by atoms with van der Waals surface area (Å²) in [5.74, 6) is -0.190. The topological polar surface area (TPSA) is 84.7 Å². The van der Waals surface area contributed by atoms with Crippen LogP contribution >= 0.6 is 0 Å². The maximum atomic E-state index is 13.0. The zero-order chi connectivity index (χ0) is 22.4. The van der Waals surface area contributed by atoms with E-state index in [0.717, 1.165) is 5.56 Å². The van der Waals surface area contributed by atoms with Gasteiger partial charge in [-0.3, -0.25) is 9.69 Å². The molecule has 0 aromatic heterocycles. The van der Waals surface area contributed by atoms with Crippen LogP contribution in [0.4, 0.5) is 0 Å². The molecule has 164 valence electrons. The Balaban J connectivity index is 1.71. The van der Waals surface area contributed by atoms with Gasteiger partial charge in [-0.1, -0.05) is 50.2 Å². The van der Waals surface area contributed by atoms with E-state index in [0.29, 0.717) is 44.8 Å². The lowest BCUT2D eigenvalue weighted by molar-refractivity contribution is 0.0606. The first-order chi connectivity index (χ1) is 14.9. The molecule has 1 aliphatic heterocycles. The van der Waals surface area contributed by atoms with Gasteiger partial charge in [-0.15, -0.1) is 0 Å². The van der Waals surface area contributed by atoms with Gasteiger partial charge in [0.25, 0.3) is 5.91 Å². The van der Waals surface area contributed by atoms with Gasteiger partial charge in [0.15, 0.2) is 0 Å². The highest BCUT2D eigenvalue weighted by Gasteiger charge is 2.28. The number of hydrogen-bond acceptors (Lipinski definition) is 5. The second-order valence-corrected chi connectivity index (χ2v) is 9.33. The molecule has 1 heterocycles. The van der Waals surface area contributed by atoms with Gasteiger partial charge >= 0.3 is 0 Å². The number of rotatable bonds is 7. The molecule has 1 unspecified atom stereocenters. The Labute approximate surface area is 184 Å². The van der Waals surface area contributed by atoms with Crippen LogP contribution in [0.1, 0.15) is 35.8 Å². The van der Waals surface area contributed by atoms with Gasteiger partial charge in [0.1, 0.15) is 6.04 Å². The Kier molecular flexibility index (Phi) is 7.44. The maximum absolute atomic E-state index is 13.0. The molecule has 1 amide bonds. The van der Waals surface area contributed by atoms with Crippen molar-refractivity contribution in [2.24, 2.45) is 0 Å². The molecule has 1 saturated heterocycles. The van der Waals surface area contributed by atoms with Crippen LogP contribution in [0.2, 0.25) is 0 Å². The van der Waals surface area contributed by atoms with Crippen LogP contribution in [0.15, 0.2) is 59.5 Å². The van der Waals surface area contributed by atoms with Crippen molar-refractivity contribution in [3.05, 3.63) is 65.7 Å². The van der Waals surface area contributed by atoms with Gasteiger partial charge in [0.2, 0.25) is 10.0 Å². The Morgan fingerprint density at radius 2 is 1.68 bits per heavy atom. The van der Waals surface area contributed by atoms with Crippen LogP contribution in [0.3, 0.4) is 0 Å². The molecule has 31 heavy (non-hydrogen) atoms. The van der Waals surface area contributed by atoms with Gasteiger partial charge in [0.05, 0.1) is 11.0 Å². The first-order valence-corrected chi connectivity index (χ1v) is 11.9. The van der Waals surface area contributed by atoms with Gasteiger partial charge in [-0.2, -0.15) is 9.57 Å². The van der Waals surface area contributed by atoms with E-state index in [2.05, 4.69) is 11.0 Å². The predicted octanol–water partition coefficient (Wildman–Crippen LogP) is 2.74. The lowest BCUT2D eigenvalue weighted by atomic mass is 10.1. The lowest BCUT2D eigenvalue weighted by Crippen LogP contribution is -2.49. The fourth-order valence-corrected chi connectivity index (χ4v) is 5.37. The first-order valence-electron chi connectivity index (χ1n) is 10.5. The third kappa shape index (κ3) is 4.96. The highest BCUT2D eigenvalue weighted by atomic mass is 32.2. The average molecular weight is 441 g/mol. The molecule has 0 N–H and O–H groups in total. The molecule has 0 spiro atoms. The summed E-state index contributed by atoms with van der Waals surface area (Å²) in [6.07, 6.45) is 0. The zero-order valence-corrected chi connectivity index (χ0v) is 18.8. The minimum Gasteiger partial charge on any atom is -0.336 e. The van der Waals surface area contributed by atoms with Crippen molar-refractivity contribution in [2.45, 2.75) is 24.8 Å². The number of carbonyl (C=O) groups excluding carboxylic acids is 1. The Hall–Kier alpha value is -2.73. The molecule has 0 radical (unpaired) electrons. The van der Waals surface area contributed by atoms with E-state index in [-0.39, 0.29) is 16.8 Å². The van der Waals surface area contributed by atoms with E-state index >= 15 is 0 Å². The number of amides is 1.